The molecule has 0 unspecified atom stereocenters. The molecule has 0 radical (unpaired) electrons. The Bertz CT molecular complexity index is 1440. The van der Waals surface area contributed by atoms with Crippen molar-refractivity contribution in [3.8, 4) is 45.5 Å². The third kappa shape index (κ3) is 6.34. The molecule has 204 valence electrons. The van der Waals surface area contributed by atoms with Crippen molar-refractivity contribution in [3.63, 3.8) is 0 Å². The van der Waals surface area contributed by atoms with Crippen molar-refractivity contribution in [3.05, 3.63) is 77.9 Å². The molecular formula is C31H34N2O6. The number of carboxylic acid groups (broad SMARTS) is 1. The fourth-order valence-electron chi connectivity index (χ4n) is 4.41. The van der Waals surface area contributed by atoms with E-state index in [-0.39, 0.29) is 6.42 Å². The van der Waals surface area contributed by atoms with E-state index < -0.39 is 5.97 Å². The van der Waals surface area contributed by atoms with Crippen LogP contribution in [0, 0.1) is 5.92 Å². The molecule has 1 heterocycles. The molecule has 0 amide bonds. The molecule has 3 aromatic carbocycles. The van der Waals surface area contributed by atoms with Crippen molar-refractivity contribution < 1.29 is 28.8 Å². The van der Waals surface area contributed by atoms with Gasteiger partial charge in [-0.25, -0.2) is 0 Å². The summed E-state index contributed by atoms with van der Waals surface area (Å²) in [6.45, 7) is 5.10. The number of nitrogens with zero attached hydrogens (tertiary/aromatic N) is 2. The van der Waals surface area contributed by atoms with E-state index >= 15 is 0 Å². The molecule has 0 saturated carbocycles. The van der Waals surface area contributed by atoms with Crippen LogP contribution in [0.4, 0.5) is 0 Å². The van der Waals surface area contributed by atoms with E-state index in [4.69, 9.17) is 24.0 Å². The quantitative estimate of drug-likeness (QED) is 0.242. The number of aliphatic carboxylic acids is 1. The molecule has 0 aliphatic heterocycles. The Morgan fingerprint density at radius 2 is 1.62 bits per heavy atom. The van der Waals surface area contributed by atoms with Gasteiger partial charge < -0.3 is 24.1 Å². The fourth-order valence-corrected chi connectivity index (χ4v) is 4.41. The zero-order chi connectivity index (χ0) is 27.9. The summed E-state index contributed by atoms with van der Waals surface area (Å²) in [7, 11) is 4.85. The largest absolute Gasteiger partial charge is 0.496 e. The summed E-state index contributed by atoms with van der Waals surface area (Å²) in [5.74, 6) is 2.00. The van der Waals surface area contributed by atoms with E-state index in [9.17, 15) is 9.90 Å². The second-order valence-corrected chi connectivity index (χ2v) is 9.53. The molecule has 0 spiro atoms. The van der Waals surface area contributed by atoms with Crippen LogP contribution in [0.3, 0.4) is 0 Å². The summed E-state index contributed by atoms with van der Waals surface area (Å²) in [6, 6.07) is 20.9. The van der Waals surface area contributed by atoms with Crippen molar-refractivity contribution in [1.82, 2.24) is 9.78 Å². The van der Waals surface area contributed by atoms with Crippen LogP contribution in [0.5, 0.6) is 23.0 Å². The number of hydrogen-bond donors (Lipinski definition) is 1. The highest BCUT2D eigenvalue weighted by Gasteiger charge is 2.21. The smallest absolute Gasteiger partial charge is 0.307 e. The number of rotatable bonds is 12. The van der Waals surface area contributed by atoms with Gasteiger partial charge in [-0.1, -0.05) is 44.2 Å². The van der Waals surface area contributed by atoms with E-state index in [0.717, 1.165) is 28.1 Å². The maximum atomic E-state index is 11.5. The number of para-hydroxylation sites is 2. The number of methoxy groups -OCH3 is 3. The molecule has 0 aliphatic carbocycles. The Morgan fingerprint density at radius 1 is 0.872 bits per heavy atom. The van der Waals surface area contributed by atoms with Crippen LogP contribution in [0.1, 0.15) is 25.0 Å². The van der Waals surface area contributed by atoms with E-state index in [2.05, 4.69) is 13.8 Å². The summed E-state index contributed by atoms with van der Waals surface area (Å²) in [4.78, 5) is 11.5. The van der Waals surface area contributed by atoms with Gasteiger partial charge in [-0.3, -0.25) is 9.48 Å². The lowest BCUT2D eigenvalue weighted by atomic mass is 10.0. The Balaban J connectivity index is 1.92. The van der Waals surface area contributed by atoms with Crippen molar-refractivity contribution in [2.45, 2.75) is 26.8 Å². The molecule has 1 N–H and O–H groups in total. The minimum absolute atomic E-state index is 0.101. The molecular weight excluding hydrogens is 496 g/mol. The Kier molecular flexibility index (Phi) is 8.76. The molecule has 0 saturated heterocycles. The van der Waals surface area contributed by atoms with Crippen LogP contribution < -0.4 is 18.9 Å². The lowest BCUT2D eigenvalue weighted by molar-refractivity contribution is -0.136. The number of carbonyl (C=O) groups is 1. The van der Waals surface area contributed by atoms with Crippen LogP contribution >= 0.6 is 0 Å². The normalized spacial score (nSPS) is 10.9. The van der Waals surface area contributed by atoms with Crippen molar-refractivity contribution >= 4 is 5.97 Å². The standard InChI is InChI=1S/C31H34N2O6/c1-20(2)19-39-28-14-13-21(16-30(34)35)15-24(28)25-17-26(23-10-8-12-29(37-4)31(23)38-5)33(32-25)18-22-9-6-7-11-27(22)36-3/h6-15,17,20H,16,18-19H2,1-5H3,(H,34,35). The Labute approximate surface area is 228 Å². The molecule has 0 aliphatic rings. The maximum Gasteiger partial charge on any atom is 0.307 e. The third-order valence-corrected chi connectivity index (χ3v) is 6.22. The van der Waals surface area contributed by atoms with Crippen LogP contribution in [0.2, 0.25) is 0 Å². The van der Waals surface area contributed by atoms with Gasteiger partial charge in [-0.15, -0.1) is 0 Å². The number of ether oxygens (including phenoxy) is 4. The summed E-state index contributed by atoms with van der Waals surface area (Å²) < 4.78 is 25.0. The van der Waals surface area contributed by atoms with Crippen LogP contribution in [-0.2, 0) is 17.8 Å². The number of benzene rings is 3. The van der Waals surface area contributed by atoms with Gasteiger partial charge in [0.2, 0.25) is 0 Å². The SMILES string of the molecule is COc1ccccc1Cn1nc(-c2cc(CC(=O)O)ccc2OCC(C)C)cc1-c1cccc(OC)c1OC. The van der Waals surface area contributed by atoms with Crippen molar-refractivity contribution in [2.75, 3.05) is 27.9 Å². The molecule has 4 aromatic rings. The van der Waals surface area contributed by atoms with Crippen LogP contribution in [0.15, 0.2) is 66.7 Å². The molecule has 8 heteroatoms. The number of carboxylic acids is 1. The molecule has 1 aromatic heterocycles. The molecule has 0 atom stereocenters. The summed E-state index contributed by atoms with van der Waals surface area (Å²) in [6.07, 6.45) is -0.101. The number of hydrogen-bond acceptors (Lipinski definition) is 6. The van der Waals surface area contributed by atoms with Gasteiger partial charge in [-0.05, 0) is 47.9 Å². The first kappa shape index (κ1) is 27.6. The molecule has 0 bridgehead atoms. The maximum absolute atomic E-state index is 11.5. The predicted octanol–water partition coefficient (Wildman–Crippen LogP) is 5.95. The topological polar surface area (TPSA) is 92.0 Å². The van der Waals surface area contributed by atoms with Crippen LogP contribution in [0.25, 0.3) is 22.5 Å². The van der Waals surface area contributed by atoms with E-state index in [1.165, 1.54) is 0 Å². The first-order valence-electron chi connectivity index (χ1n) is 12.7. The molecule has 8 nitrogen and oxygen atoms in total. The third-order valence-electron chi connectivity index (χ3n) is 6.22. The van der Waals surface area contributed by atoms with Crippen LogP contribution in [-0.4, -0.2) is 48.8 Å². The van der Waals surface area contributed by atoms with Gasteiger partial charge in [-0.2, -0.15) is 5.10 Å². The van der Waals surface area contributed by atoms with Gasteiger partial charge in [0, 0.05) is 16.7 Å². The summed E-state index contributed by atoms with van der Waals surface area (Å²) in [5.41, 5.74) is 4.58. The van der Waals surface area contributed by atoms with Gasteiger partial charge >= 0.3 is 5.97 Å². The van der Waals surface area contributed by atoms with E-state index in [1.807, 2.05) is 65.3 Å². The lowest BCUT2D eigenvalue weighted by Gasteiger charge is -2.15. The minimum atomic E-state index is -0.902. The van der Waals surface area contributed by atoms with Gasteiger partial charge in [0.15, 0.2) is 11.5 Å². The molecule has 0 fully saturated rings. The minimum Gasteiger partial charge on any atom is -0.496 e. The lowest BCUT2D eigenvalue weighted by Crippen LogP contribution is -2.07. The van der Waals surface area contributed by atoms with Gasteiger partial charge in [0.05, 0.1) is 52.3 Å². The van der Waals surface area contributed by atoms with Crippen molar-refractivity contribution in [2.24, 2.45) is 5.92 Å². The second-order valence-electron chi connectivity index (χ2n) is 9.53. The average Bonchev–Trinajstić information content (AvgIpc) is 3.34. The summed E-state index contributed by atoms with van der Waals surface area (Å²) >= 11 is 0. The predicted molar refractivity (Wildman–Crippen MR) is 150 cm³/mol. The highest BCUT2D eigenvalue weighted by Crippen LogP contribution is 2.41. The van der Waals surface area contributed by atoms with Gasteiger partial charge in [0.25, 0.3) is 0 Å². The first-order valence-corrected chi connectivity index (χ1v) is 12.7. The molecule has 4 rings (SSSR count). The molecule has 39 heavy (non-hydrogen) atoms. The second kappa shape index (κ2) is 12.4. The highest BCUT2D eigenvalue weighted by molar-refractivity contribution is 5.78. The monoisotopic (exact) mass is 530 g/mol. The zero-order valence-electron chi connectivity index (χ0n) is 22.9. The highest BCUT2D eigenvalue weighted by atomic mass is 16.5. The number of aromatic nitrogens is 2. The zero-order valence-corrected chi connectivity index (χ0v) is 22.9. The Hall–Kier alpha value is -4.46. The van der Waals surface area contributed by atoms with Gasteiger partial charge in [0.1, 0.15) is 11.5 Å². The van der Waals surface area contributed by atoms with E-state index in [1.54, 1.807) is 27.4 Å². The van der Waals surface area contributed by atoms with Crippen molar-refractivity contribution in [1.29, 1.82) is 0 Å². The summed E-state index contributed by atoms with van der Waals surface area (Å²) in [5, 5.41) is 14.4. The Morgan fingerprint density at radius 3 is 2.31 bits per heavy atom. The first-order chi connectivity index (χ1) is 18.8. The fraction of sp³-hybridized carbons (Fsp3) is 0.290. The average molecular weight is 531 g/mol. The van der Waals surface area contributed by atoms with E-state index in [0.29, 0.717) is 47.6 Å².